The zero-order chi connectivity index (χ0) is 12.2. The predicted octanol–water partition coefficient (Wildman–Crippen LogP) is 1.58. The summed E-state index contributed by atoms with van der Waals surface area (Å²) in [5.74, 6) is 0. The van der Waals surface area contributed by atoms with E-state index in [1.165, 1.54) is 0 Å². The highest BCUT2D eigenvalue weighted by Crippen LogP contribution is 2.10. The van der Waals surface area contributed by atoms with Crippen LogP contribution >= 0.6 is 0 Å². The summed E-state index contributed by atoms with van der Waals surface area (Å²) >= 11 is 0. The van der Waals surface area contributed by atoms with Crippen molar-refractivity contribution in [3.63, 3.8) is 0 Å². The highest BCUT2D eigenvalue weighted by molar-refractivity contribution is 7.89. The molecule has 1 N–H and O–H groups in total. The maximum atomic E-state index is 11.8. The average molecular weight is 238 g/mol. The molecule has 4 nitrogen and oxygen atoms in total. The lowest BCUT2D eigenvalue weighted by molar-refractivity contribution is 0.563. The Morgan fingerprint density at radius 2 is 1.94 bits per heavy atom. The van der Waals surface area contributed by atoms with Crippen molar-refractivity contribution in [2.24, 2.45) is 0 Å². The molecule has 0 aliphatic carbocycles. The van der Waals surface area contributed by atoms with E-state index in [0.717, 1.165) is 5.56 Å². The fraction of sp³-hybridized carbons (Fsp3) is 0.364. The summed E-state index contributed by atoms with van der Waals surface area (Å²) in [6, 6.07) is 8.13. The molecule has 1 aromatic rings. The van der Waals surface area contributed by atoms with Crippen LogP contribution in [0.3, 0.4) is 0 Å². The molecule has 1 rings (SSSR count). The van der Waals surface area contributed by atoms with Crippen molar-refractivity contribution in [1.82, 2.24) is 4.72 Å². The van der Waals surface area contributed by atoms with Crippen LogP contribution in [0.25, 0.3) is 0 Å². The van der Waals surface area contributed by atoms with Crippen molar-refractivity contribution < 1.29 is 8.42 Å². The van der Waals surface area contributed by atoms with Gasteiger partial charge in [-0.15, -0.1) is 0 Å². The molecule has 0 bridgehead atoms. The van der Waals surface area contributed by atoms with Gasteiger partial charge in [0.15, 0.2) is 0 Å². The molecule has 5 heteroatoms. The molecule has 86 valence electrons. The molecule has 0 spiro atoms. The third-order valence-electron chi connectivity index (χ3n) is 2.09. The van der Waals surface area contributed by atoms with Gasteiger partial charge in [-0.25, -0.2) is 13.1 Å². The molecule has 16 heavy (non-hydrogen) atoms. The summed E-state index contributed by atoms with van der Waals surface area (Å²) in [6.07, 6.45) is 0.158. The van der Waals surface area contributed by atoms with Gasteiger partial charge in [0.25, 0.3) is 0 Å². The summed E-state index contributed by atoms with van der Waals surface area (Å²) in [5, 5.41) is 8.46. The highest BCUT2D eigenvalue weighted by Gasteiger charge is 2.16. The Labute approximate surface area is 96.0 Å². The maximum absolute atomic E-state index is 11.8. The van der Waals surface area contributed by atoms with Crippen LogP contribution in [0.5, 0.6) is 0 Å². The van der Waals surface area contributed by atoms with Crippen LogP contribution in [0.4, 0.5) is 0 Å². The van der Waals surface area contributed by atoms with Gasteiger partial charge in [-0.05, 0) is 26.0 Å². The van der Waals surface area contributed by atoms with Gasteiger partial charge >= 0.3 is 0 Å². The zero-order valence-corrected chi connectivity index (χ0v) is 10.1. The molecule has 0 fully saturated rings. The van der Waals surface area contributed by atoms with E-state index in [2.05, 4.69) is 4.72 Å². The van der Waals surface area contributed by atoms with Gasteiger partial charge in [-0.2, -0.15) is 5.26 Å². The van der Waals surface area contributed by atoms with Gasteiger partial charge in [-0.3, -0.25) is 0 Å². The first-order valence-corrected chi connectivity index (χ1v) is 6.40. The summed E-state index contributed by atoms with van der Waals surface area (Å²) in [7, 11) is -3.50. The number of sulfonamides is 1. The van der Waals surface area contributed by atoms with Crippen LogP contribution in [-0.4, -0.2) is 14.5 Å². The summed E-state index contributed by atoms with van der Waals surface area (Å²) in [4.78, 5) is 0.225. The van der Waals surface area contributed by atoms with E-state index in [1.807, 2.05) is 13.0 Å². The monoisotopic (exact) mass is 238 g/mol. The minimum absolute atomic E-state index is 0.158. The fourth-order valence-electron chi connectivity index (χ4n) is 1.23. The second-order valence-electron chi connectivity index (χ2n) is 3.70. The molecule has 0 heterocycles. The van der Waals surface area contributed by atoms with E-state index >= 15 is 0 Å². The molecule has 1 atom stereocenters. The van der Waals surface area contributed by atoms with E-state index < -0.39 is 10.0 Å². The maximum Gasteiger partial charge on any atom is 0.240 e. The van der Waals surface area contributed by atoms with Crippen LogP contribution < -0.4 is 4.72 Å². The summed E-state index contributed by atoms with van der Waals surface area (Å²) in [6.45, 7) is 3.55. The number of nitrogens with one attached hydrogen (secondary N) is 1. The number of hydrogen-bond acceptors (Lipinski definition) is 3. The SMILES string of the molecule is Cc1ccc(S(=O)(=O)N[C@@H](C)CC#N)cc1. The minimum Gasteiger partial charge on any atom is -0.207 e. The molecule has 0 aliphatic heterocycles. The molecule has 0 aliphatic rings. The predicted molar refractivity (Wildman–Crippen MR) is 61.2 cm³/mol. The number of aryl methyl sites for hydroxylation is 1. The smallest absolute Gasteiger partial charge is 0.207 e. The zero-order valence-electron chi connectivity index (χ0n) is 9.27. The van der Waals surface area contributed by atoms with E-state index in [0.29, 0.717) is 0 Å². The van der Waals surface area contributed by atoms with E-state index in [4.69, 9.17) is 5.26 Å². The standard InChI is InChI=1S/C11H14N2O2S/c1-9-3-5-11(6-4-9)16(14,15)13-10(2)7-8-12/h3-6,10,13H,7H2,1-2H3/t10-/m0/s1. The van der Waals surface area contributed by atoms with Crippen LogP contribution in [0, 0.1) is 18.3 Å². The molecule has 0 unspecified atom stereocenters. The van der Waals surface area contributed by atoms with Crippen LogP contribution in [0.1, 0.15) is 18.9 Å². The Bertz CT molecular complexity index is 486. The first-order chi connectivity index (χ1) is 7.45. The molecule has 0 amide bonds. The van der Waals surface area contributed by atoms with Crippen molar-refractivity contribution in [3.05, 3.63) is 29.8 Å². The quantitative estimate of drug-likeness (QED) is 0.865. The number of hydrogen-bond donors (Lipinski definition) is 1. The van der Waals surface area contributed by atoms with Crippen molar-refractivity contribution in [2.75, 3.05) is 0 Å². The van der Waals surface area contributed by atoms with Gasteiger partial charge in [0.1, 0.15) is 0 Å². The molecule has 0 saturated heterocycles. The van der Waals surface area contributed by atoms with E-state index in [-0.39, 0.29) is 17.4 Å². The first kappa shape index (κ1) is 12.7. The lowest BCUT2D eigenvalue weighted by Crippen LogP contribution is -2.32. The summed E-state index contributed by atoms with van der Waals surface area (Å²) < 4.78 is 26.1. The third kappa shape index (κ3) is 3.33. The van der Waals surface area contributed by atoms with Crippen molar-refractivity contribution >= 4 is 10.0 Å². The first-order valence-electron chi connectivity index (χ1n) is 4.91. The number of benzene rings is 1. The lowest BCUT2D eigenvalue weighted by Gasteiger charge is -2.11. The molecular formula is C11H14N2O2S. The Balaban J connectivity index is 2.87. The summed E-state index contributed by atoms with van der Waals surface area (Å²) in [5.41, 5.74) is 1.00. The Kier molecular flexibility index (Phi) is 4.05. The van der Waals surface area contributed by atoms with Crippen LogP contribution in [-0.2, 0) is 10.0 Å². The molecule has 1 aromatic carbocycles. The lowest BCUT2D eigenvalue weighted by atomic mass is 10.2. The largest absolute Gasteiger partial charge is 0.240 e. The van der Waals surface area contributed by atoms with Gasteiger partial charge in [0.2, 0.25) is 10.0 Å². The van der Waals surface area contributed by atoms with Gasteiger partial charge in [0.05, 0.1) is 17.4 Å². The van der Waals surface area contributed by atoms with Crippen LogP contribution in [0.2, 0.25) is 0 Å². The molecule has 0 saturated carbocycles. The average Bonchev–Trinajstić information content (AvgIpc) is 2.17. The Morgan fingerprint density at radius 3 is 2.44 bits per heavy atom. The minimum atomic E-state index is -3.50. The van der Waals surface area contributed by atoms with Crippen LogP contribution in [0.15, 0.2) is 29.2 Å². The second kappa shape index (κ2) is 5.10. The van der Waals surface area contributed by atoms with Crippen molar-refractivity contribution in [2.45, 2.75) is 31.2 Å². The van der Waals surface area contributed by atoms with Gasteiger partial charge in [-0.1, -0.05) is 17.7 Å². The van der Waals surface area contributed by atoms with E-state index in [9.17, 15) is 8.42 Å². The molecule has 0 radical (unpaired) electrons. The molecule has 0 aromatic heterocycles. The fourth-order valence-corrected chi connectivity index (χ4v) is 2.47. The van der Waals surface area contributed by atoms with Gasteiger partial charge < -0.3 is 0 Å². The number of nitriles is 1. The Hall–Kier alpha value is -1.38. The molecular weight excluding hydrogens is 224 g/mol. The number of nitrogens with zero attached hydrogens (tertiary/aromatic N) is 1. The van der Waals surface area contributed by atoms with Gasteiger partial charge in [0, 0.05) is 6.04 Å². The van der Waals surface area contributed by atoms with Crippen molar-refractivity contribution in [1.29, 1.82) is 5.26 Å². The second-order valence-corrected chi connectivity index (χ2v) is 5.41. The normalized spacial score (nSPS) is 13.1. The number of rotatable bonds is 4. The van der Waals surface area contributed by atoms with Crippen molar-refractivity contribution in [3.8, 4) is 6.07 Å². The Morgan fingerprint density at radius 1 is 1.38 bits per heavy atom. The third-order valence-corrected chi connectivity index (χ3v) is 3.69. The topological polar surface area (TPSA) is 70.0 Å². The highest BCUT2D eigenvalue weighted by atomic mass is 32.2. The van der Waals surface area contributed by atoms with E-state index in [1.54, 1.807) is 31.2 Å².